The van der Waals surface area contributed by atoms with E-state index in [1.807, 2.05) is 11.9 Å². The molecule has 0 bridgehead atoms. The highest BCUT2D eigenvalue weighted by Gasteiger charge is 2.25. The average Bonchev–Trinajstić information content (AvgIpc) is 3.20. The van der Waals surface area contributed by atoms with Crippen LogP contribution in [0, 0.1) is 11.7 Å². The Hall–Kier alpha value is -1.93. The van der Waals surface area contributed by atoms with Gasteiger partial charge >= 0.3 is 5.97 Å². The Balaban J connectivity index is 1.66. The summed E-state index contributed by atoms with van der Waals surface area (Å²) < 4.78 is 14.9. The molecule has 1 fully saturated rings. The quantitative estimate of drug-likeness (QED) is 0.596. The number of methoxy groups -OCH3 is 1. The van der Waals surface area contributed by atoms with E-state index in [-0.39, 0.29) is 5.97 Å². The average molecular weight is 336 g/mol. The van der Waals surface area contributed by atoms with E-state index >= 15 is 0 Å². The minimum absolute atomic E-state index is 0.384. The minimum atomic E-state index is -0.384. The number of aryl methyl sites for hydroxylation is 1. The molecule has 1 saturated carbocycles. The number of furan rings is 1. The second-order valence-corrected chi connectivity index (χ2v) is 6.25. The molecular weight excluding hydrogens is 316 g/mol. The maximum absolute atomic E-state index is 11.6. The van der Waals surface area contributed by atoms with Crippen LogP contribution in [0.3, 0.4) is 0 Å². The van der Waals surface area contributed by atoms with Crippen LogP contribution in [0.25, 0.3) is 0 Å². The number of carbonyl (C=O) groups is 1. The zero-order valence-electron chi connectivity index (χ0n) is 13.5. The van der Waals surface area contributed by atoms with Crippen molar-refractivity contribution in [1.29, 1.82) is 0 Å². The molecule has 0 N–H and O–H groups in total. The van der Waals surface area contributed by atoms with Crippen LogP contribution < -0.4 is 0 Å². The number of nitrogens with zero attached hydrogens (tertiary/aromatic N) is 4. The van der Waals surface area contributed by atoms with Crippen molar-refractivity contribution in [3.8, 4) is 0 Å². The van der Waals surface area contributed by atoms with E-state index in [0.29, 0.717) is 36.3 Å². The predicted molar refractivity (Wildman–Crippen MR) is 85.6 cm³/mol. The standard InChI is InChI=1S/C15H20N4O3S/c1-10-13(14(20)21-3)6-12(22-10)7-17(2)9-19-15(23)18(8-16-19)11-4-5-11/h6,8,11H,4-5,7,9H2,1-3H3. The third kappa shape index (κ3) is 3.37. The molecule has 0 aliphatic heterocycles. The molecule has 0 saturated heterocycles. The summed E-state index contributed by atoms with van der Waals surface area (Å²) in [6.45, 7) is 2.87. The molecule has 0 unspecified atom stereocenters. The Morgan fingerprint density at radius 2 is 2.30 bits per heavy atom. The molecule has 1 aliphatic carbocycles. The summed E-state index contributed by atoms with van der Waals surface area (Å²) in [7, 11) is 3.31. The first kappa shape index (κ1) is 15.9. The van der Waals surface area contributed by atoms with Crippen LogP contribution >= 0.6 is 12.2 Å². The fourth-order valence-electron chi connectivity index (χ4n) is 2.53. The number of aromatic nitrogens is 3. The van der Waals surface area contributed by atoms with Gasteiger partial charge in [-0.1, -0.05) is 0 Å². The van der Waals surface area contributed by atoms with E-state index in [0.717, 1.165) is 4.77 Å². The number of hydrogen-bond acceptors (Lipinski definition) is 6. The number of hydrogen-bond donors (Lipinski definition) is 0. The van der Waals surface area contributed by atoms with Gasteiger partial charge in [0.2, 0.25) is 0 Å². The first-order chi connectivity index (χ1) is 11.0. The Bertz CT molecular complexity index is 772. The second kappa shape index (κ2) is 6.29. The molecule has 2 aromatic rings. The molecule has 0 aromatic carbocycles. The lowest BCUT2D eigenvalue weighted by atomic mass is 10.2. The molecular formula is C15H20N4O3S. The highest BCUT2D eigenvalue weighted by molar-refractivity contribution is 7.71. The fraction of sp³-hybridized carbons (Fsp3) is 0.533. The lowest BCUT2D eigenvalue weighted by molar-refractivity contribution is 0.0599. The molecule has 8 heteroatoms. The second-order valence-electron chi connectivity index (χ2n) is 5.88. The molecule has 23 heavy (non-hydrogen) atoms. The number of esters is 1. The van der Waals surface area contributed by atoms with Crippen molar-refractivity contribution in [2.45, 2.75) is 39.0 Å². The summed E-state index contributed by atoms with van der Waals surface area (Å²) in [5.41, 5.74) is 0.463. The summed E-state index contributed by atoms with van der Waals surface area (Å²) in [4.78, 5) is 13.6. The van der Waals surface area contributed by atoms with Gasteiger partial charge in [0.05, 0.1) is 20.3 Å². The van der Waals surface area contributed by atoms with E-state index in [2.05, 4.69) is 9.67 Å². The number of ether oxygens (including phenoxy) is 1. The van der Waals surface area contributed by atoms with Gasteiger partial charge in [0.15, 0.2) is 4.77 Å². The van der Waals surface area contributed by atoms with Gasteiger partial charge in [-0.3, -0.25) is 4.90 Å². The maximum Gasteiger partial charge on any atom is 0.341 e. The molecule has 2 aromatic heterocycles. The lowest BCUT2D eigenvalue weighted by Gasteiger charge is -2.14. The Morgan fingerprint density at radius 3 is 2.96 bits per heavy atom. The molecule has 0 radical (unpaired) electrons. The number of carbonyl (C=O) groups excluding carboxylic acids is 1. The molecule has 1 aliphatic rings. The topological polar surface area (TPSA) is 65.4 Å². The van der Waals surface area contributed by atoms with Gasteiger partial charge in [0.1, 0.15) is 23.4 Å². The molecule has 7 nitrogen and oxygen atoms in total. The van der Waals surface area contributed by atoms with Gasteiger partial charge in [0.25, 0.3) is 0 Å². The third-order valence-corrected chi connectivity index (χ3v) is 4.29. The van der Waals surface area contributed by atoms with Crippen molar-refractivity contribution in [3.63, 3.8) is 0 Å². The molecule has 0 spiro atoms. The summed E-state index contributed by atoms with van der Waals surface area (Å²) in [5.74, 6) is 0.888. The van der Waals surface area contributed by atoms with E-state index in [4.69, 9.17) is 21.4 Å². The largest absolute Gasteiger partial charge is 0.465 e. The van der Waals surface area contributed by atoms with Gasteiger partial charge in [-0.05, 0) is 45.1 Å². The van der Waals surface area contributed by atoms with Crippen LogP contribution in [-0.2, 0) is 18.0 Å². The van der Waals surface area contributed by atoms with Crippen molar-refractivity contribution < 1.29 is 13.9 Å². The molecule has 2 heterocycles. The summed E-state index contributed by atoms with van der Waals surface area (Å²) in [6, 6.07) is 2.25. The van der Waals surface area contributed by atoms with Crippen molar-refractivity contribution in [2.75, 3.05) is 14.2 Å². The van der Waals surface area contributed by atoms with Crippen LogP contribution in [-0.4, -0.2) is 39.4 Å². The number of rotatable bonds is 6. The third-order valence-electron chi connectivity index (χ3n) is 3.87. The first-order valence-electron chi connectivity index (χ1n) is 7.49. The van der Waals surface area contributed by atoms with E-state index in [9.17, 15) is 4.79 Å². The lowest BCUT2D eigenvalue weighted by Crippen LogP contribution is -2.22. The highest BCUT2D eigenvalue weighted by atomic mass is 32.1. The van der Waals surface area contributed by atoms with Crippen molar-refractivity contribution in [2.24, 2.45) is 0 Å². The van der Waals surface area contributed by atoms with Gasteiger partial charge in [-0.25, -0.2) is 9.48 Å². The van der Waals surface area contributed by atoms with Gasteiger partial charge in [-0.15, -0.1) is 0 Å². The van der Waals surface area contributed by atoms with Gasteiger partial charge < -0.3 is 13.7 Å². The minimum Gasteiger partial charge on any atom is -0.465 e. The van der Waals surface area contributed by atoms with Crippen LogP contribution in [0.2, 0.25) is 0 Å². The van der Waals surface area contributed by atoms with Crippen LogP contribution in [0.4, 0.5) is 0 Å². The summed E-state index contributed by atoms with van der Waals surface area (Å²) in [5, 5.41) is 4.35. The van der Waals surface area contributed by atoms with Crippen molar-refractivity contribution in [3.05, 3.63) is 34.2 Å². The monoisotopic (exact) mass is 336 g/mol. The van der Waals surface area contributed by atoms with E-state index < -0.39 is 0 Å². The summed E-state index contributed by atoms with van der Waals surface area (Å²) >= 11 is 5.45. The fourth-order valence-corrected chi connectivity index (χ4v) is 2.83. The van der Waals surface area contributed by atoms with Gasteiger partial charge in [-0.2, -0.15) is 5.10 Å². The van der Waals surface area contributed by atoms with Crippen LogP contribution in [0.15, 0.2) is 16.8 Å². The Kier molecular flexibility index (Phi) is 4.36. The van der Waals surface area contributed by atoms with E-state index in [1.165, 1.54) is 20.0 Å². The SMILES string of the molecule is COC(=O)c1cc(CN(C)Cn2ncn(C3CC3)c2=S)oc1C. The molecule has 3 rings (SSSR count). The van der Waals surface area contributed by atoms with Crippen LogP contribution in [0.5, 0.6) is 0 Å². The summed E-state index contributed by atoms with van der Waals surface area (Å²) in [6.07, 6.45) is 4.16. The Morgan fingerprint density at radius 1 is 1.57 bits per heavy atom. The van der Waals surface area contributed by atoms with Crippen LogP contribution in [0.1, 0.15) is 40.8 Å². The maximum atomic E-state index is 11.6. The highest BCUT2D eigenvalue weighted by Crippen LogP contribution is 2.34. The Labute approximate surface area is 139 Å². The van der Waals surface area contributed by atoms with Crippen molar-refractivity contribution >= 4 is 18.2 Å². The predicted octanol–water partition coefficient (Wildman–Crippen LogP) is 2.53. The van der Waals surface area contributed by atoms with Gasteiger partial charge in [0, 0.05) is 6.04 Å². The first-order valence-corrected chi connectivity index (χ1v) is 7.90. The smallest absolute Gasteiger partial charge is 0.341 e. The molecule has 0 atom stereocenters. The molecule has 124 valence electrons. The molecule has 0 amide bonds. The zero-order valence-corrected chi connectivity index (χ0v) is 14.3. The zero-order chi connectivity index (χ0) is 16.6. The van der Waals surface area contributed by atoms with Crippen molar-refractivity contribution in [1.82, 2.24) is 19.2 Å². The normalized spacial score (nSPS) is 14.4. The van der Waals surface area contributed by atoms with E-state index in [1.54, 1.807) is 24.0 Å².